The topological polar surface area (TPSA) is 26.3 Å². The maximum atomic E-state index is 11.6. The summed E-state index contributed by atoms with van der Waals surface area (Å²) in [6.07, 6.45) is 3.57. The molecule has 0 saturated heterocycles. The van der Waals surface area contributed by atoms with Gasteiger partial charge in [0.25, 0.3) is 0 Å². The molecule has 0 bridgehead atoms. The third-order valence-electron chi connectivity index (χ3n) is 2.79. The highest BCUT2D eigenvalue weighted by Gasteiger charge is 2.08. The third-order valence-corrected chi connectivity index (χ3v) is 4.05. The van der Waals surface area contributed by atoms with Crippen LogP contribution in [0, 0.1) is 0 Å². The summed E-state index contributed by atoms with van der Waals surface area (Å²) in [6.45, 7) is 6.66. The van der Waals surface area contributed by atoms with Crippen LogP contribution in [0.25, 0.3) is 0 Å². The van der Waals surface area contributed by atoms with Gasteiger partial charge in [-0.15, -0.1) is 11.8 Å². The Morgan fingerprint density at radius 3 is 2.68 bits per heavy atom. The third kappa shape index (κ3) is 6.48. The summed E-state index contributed by atoms with van der Waals surface area (Å²) in [7, 11) is 0. The molecule has 0 amide bonds. The quantitative estimate of drug-likeness (QED) is 0.319. The first-order valence-corrected chi connectivity index (χ1v) is 7.58. The van der Waals surface area contributed by atoms with Crippen LogP contribution >= 0.6 is 11.8 Å². The van der Waals surface area contributed by atoms with Gasteiger partial charge in [0.1, 0.15) is 0 Å². The van der Waals surface area contributed by atoms with Crippen molar-refractivity contribution in [2.45, 2.75) is 43.8 Å². The molecule has 0 aliphatic rings. The molecular weight excluding hydrogens is 256 g/mol. The van der Waals surface area contributed by atoms with E-state index in [1.54, 1.807) is 17.8 Å². The number of carbonyl (C=O) groups is 1. The van der Waals surface area contributed by atoms with Crippen molar-refractivity contribution < 1.29 is 9.53 Å². The molecule has 2 nitrogen and oxygen atoms in total. The van der Waals surface area contributed by atoms with Crippen LogP contribution in [0.1, 0.15) is 33.6 Å². The molecule has 0 heterocycles. The SMILES string of the molecule is CCCCOC(=O)/C=C(/C)C(C)Sc1ccccc1. The summed E-state index contributed by atoms with van der Waals surface area (Å²) in [6, 6.07) is 10.2. The lowest BCUT2D eigenvalue weighted by atomic mass is 10.2. The number of carbonyl (C=O) groups excluding carboxylic acids is 1. The van der Waals surface area contributed by atoms with Crippen molar-refractivity contribution in [1.82, 2.24) is 0 Å². The number of hydrogen-bond acceptors (Lipinski definition) is 3. The molecule has 19 heavy (non-hydrogen) atoms. The zero-order valence-electron chi connectivity index (χ0n) is 11.9. The van der Waals surface area contributed by atoms with Gasteiger partial charge in [0.05, 0.1) is 6.61 Å². The normalized spacial score (nSPS) is 13.1. The Hall–Kier alpha value is -1.22. The van der Waals surface area contributed by atoms with E-state index in [-0.39, 0.29) is 11.2 Å². The highest BCUT2D eigenvalue weighted by atomic mass is 32.2. The van der Waals surface area contributed by atoms with Gasteiger partial charge in [-0.3, -0.25) is 0 Å². The minimum Gasteiger partial charge on any atom is -0.463 e. The molecule has 0 aliphatic heterocycles. The van der Waals surface area contributed by atoms with Gasteiger partial charge in [-0.05, 0) is 32.4 Å². The number of hydrogen-bond donors (Lipinski definition) is 0. The maximum absolute atomic E-state index is 11.6. The van der Waals surface area contributed by atoms with Crippen LogP contribution in [0.4, 0.5) is 0 Å². The summed E-state index contributed by atoms with van der Waals surface area (Å²) >= 11 is 1.75. The molecule has 0 fully saturated rings. The van der Waals surface area contributed by atoms with E-state index in [9.17, 15) is 4.79 Å². The second-order valence-corrected chi connectivity index (χ2v) is 5.90. The van der Waals surface area contributed by atoms with E-state index in [1.807, 2.05) is 25.1 Å². The lowest BCUT2D eigenvalue weighted by molar-refractivity contribution is -0.137. The molecule has 1 aromatic rings. The molecule has 1 rings (SSSR count). The van der Waals surface area contributed by atoms with Crippen molar-refractivity contribution in [3.63, 3.8) is 0 Å². The van der Waals surface area contributed by atoms with Crippen LogP contribution < -0.4 is 0 Å². The van der Waals surface area contributed by atoms with Crippen molar-refractivity contribution >= 4 is 17.7 Å². The fourth-order valence-electron chi connectivity index (χ4n) is 1.46. The van der Waals surface area contributed by atoms with Crippen molar-refractivity contribution in [1.29, 1.82) is 0 Å². The second-order valence-electron chi connectivity index (χ2n) is 4.48. The fraction of sp³-hybridized carbons (Fsp3) is 0.438. The van der Waals surface area contributed by atoms with E-state index in [0.29, 0.717) is 6.61 Å². The molecule has 0 aromatic heterocycles. The summed E-state index contributed by atoms with van der Waals surface area (Å²) in [5, 5.41) is 0.265. The zero-order chi connectivity index (χ0) is 14.1. The first-order valence-electron chi connectivity index (χ1n) is 6.70. The Morgan fingerprint density at radius 2 is 2.05 bits per heavy atom. The molecule has 1 unspecified atom stereocenters. The number of rotatable bonds is 7. The van der Waals surface area contributed by atoms with Gasteiger partial charge in [-0.1, -0.05) is 37.1 Å². The van der Waals surface area contributed by atoms with Crippen LogP contribution in [0.2, 0.25) is 0 Å². The molecule has 104 valence electrons. The van der Waals surface area contributed by atoms with Gasteiger partial charge in [0.2, 0.25) is 0 Å². The monoisotopic (exact) mass is 278 g/mol. The van der Waals surface area contributed by atoms with E-state index in [1.165, 1.54) is 4.90 Å². The summed E-state index contributed by atoms with van der Waals surface area (Å²) in [5.74, 6) is -0.230. The van der Waals surface area contributed by atoms with Gasteiger partial charge in [0, 0.05) is 16.2 Å². The second kappa shape index (κ2) is 8.81. The Balaban J connectivity index is 2.47. The molecule has 0 saturated carbocycles. The van der Waals surface area contributed by atoms with E-state index < -0.39 is 0 Å². The van der Waals surface area contributed by atoms with Gasteiger partial charge >= 0.3 is 5.97 Å². The van der Waals surface area contributed by atoms with E-state index >= 15 is 0 Å². The fourth-order valence-corrected chi connectivity index (χ4v) is 2.43. The molecular formula is C16H22O2S. The largest absolute Gasteiger partial charge is 0.463 e. The summed E-state index contributed by atoms with van der Waals surface area (Å²) < 4.78 is 5.13. The van der Waals surface area contributed by atoms with Gasteiger partial charge in [-0.2, -0.15) is 0 Å². The van der Waals surface area contributed by atoms with Crippen molar-refractivity contribution in [3.05, 3.63) is 42.0 Å². The lowest BCUT2D eigenvalue weighted by Gasteiger charge is -2.11. The van der Waals surface area contributed by atoms with E-state index in [4.69, 9.17) is 4.74 Å². The van der Waals surface area contributed by atoms with E-state index in [2.05, 4.69) is 26.0 Å². The average Bonchev–Trinajstić information content (AvgIpc) is 2.40. The number of thioether (sulfide) groups is 1. The smallest absolute Gasteiger partial charge is 0.330 e. The average molecular weight is 278 g/mol. The van der Waals surface area contributed by atoms with Crippen molar-refractivity contribution in [2.24, 2.45) is 0 Å². The standard InChI is InChI=1S/C16H22O2S/c1-4-5-11-18-16(17)12-13(2)14(3)19-15-9-7-6-8-10-15/h6-10,12,14H,4-5,11H2,1-3H3/b13-12-. The van der Waals surface area contributed by atoms with E-state index in [0.717, 1.165) is 18.4 Å². The summed E-state index contributed by atoms with van der Waals surface area (Å²) in [4.78, 5) is 12.8. The van der Waals surface area contributed by atoms with Crippen LogP contribution in [0.5, 0.6) is 0 Å². The Morgan fingerprint density at radius 1 is 1.37 bits per heavy atom. The molecule has 3 heteroatoms. The van der Waals surface area contributed by atoms with Crippen LogP contribution in [0.3, 0.4) is 0 Å². The summed E-state index contributed by atoms with van der Waals surface area (Å²) in [5.41, 5.74) is 1.04. The van der Waals surface area contributed by atoms with Crippen LogP contribution in [-0.2, 0) is 9.53 Å². The minimum absolute atomic E-state index is 0.230. The van der Waals surface area contributed by atoms with Crippen LogP contribution in [-0.4, -0.2) is 17.8 Å². The number of benzene rings is 1. The maximum Gasteiger partial charge on any atom is 0.330 e. The zero-order valence-corrected chi connectivity index (χ0v) is 12.7. The first kappa shape index (κ1) is 15.8. The Labute approximate surface area is 120 Å². The molecule has 0 spiro atoms. The lowest BCUT2D eigenvalue weighted by Crippen LogP contribution is -2.06. The van der Waals surface area contributed by atoms with Crippen molar-refractivity contribution in [3.8, 4) is 0 Å². The van der Waals surface area contributed by atoms with Gasteiger partial charge in [0.15, 0.2) is 0 Å². The number of esters is 1. The first-order chi connectivity index (χ1) is 9.13. The number of ether oxygens (including phenoxy) is 1. The molecule has 0 aliphatic carbocycles. The minimum atomic E-state index is -0.230. The highest BCUT2D eigenvalue weighted by Crippen LogP contribution is 2.27. The molecule has 1 aromatic carbocycles. The Kier molecular flexibility index (Phi) is 7.34. The predicted molar refractivity (Wildman–Crippen MR) is 81.4 cm³/mol. The number of unbranched alkanes of at least 4 members (excludes halogenated alkanes) is 1. The van der Waals surface area contributed by atoms with Crippen molar-refractivity contribution in [2.75, 3.05) is 6.61 Å². The predicted octanol–water partition coefficient (Wildman–Crippen LogP) is 4.46. The molecule has 0 radical (unpaired) electrons. The highest BCUT2D eigenvalue weighted by molar-refractivity contribution is 8.00. The van der Waals surface area contributed by atoms with Gasteiger partial charge in [-0.25, -0.2) is 4.79 Å². The molecule has 1 atom stereocenters. The Bertz CT molecular complexity index is 412. The van der Waals surface area contributed by atoms with Crippen LogP contribution in [0.15, 0.2) is 46.9 Å². The van der Waals surface area contributed by atoms with Gasteiger partial charge < -0.3 is 4.74 Å². The molecule has 0 N–H and O–H groups in total.